The Kier molecular flexibility index (Phi) is 4.79. The third kappa shape index (κ3) is 4.00. The van der Waals surface area contributed by atoms with Crippen molar-refractivity contribution in [1.29, 1.82) is 0 Å². The predicted octanol–water partition coefficient (Wildman–Crippen LogP) is 0.901. The molecule has 0 atom stereocenters. The lowest BCUT2D eigenvalue weighted by molar-refractivity contribution is -0.111. The van der Waals surface area contributed by atoms with Gasteiger partial charge in [0, 0.05) is 16.6 Å². The van der Waals surface area contributed by atoms with Gasteiger partial charge >= 0.3 is 0 Å². The molecule has 1 aromatic carbocycles. The number of hydrogen-bond donors (Lipinski definition) is 1. The standard InChI is InChI=1S/C16H14B2N2OS2/c17-11-5-3-10(4-6-11)13(8-12-2-1-7-22-12)15(21)20-16-19-9-14(18)23-16/h1-9H,17-18H2,(H,19,20,21)/b13-8+. The number of thiazole rings is 1. The molecule has 0 spiro atoms. The summed E-state index contributed by atoms with van der Waals surface area (Å²) >= 11 is 3.08. The number of amides is 1. The molecule has 0 aliphatic rings. The van der Waals surface area contributed by atoms with E-state index in [1.165, 1.54) is 16.8 Å². The van der Waals surface area contributed by atoms with E-state index in [1.54, 1.807) is 17.5 Å². The Hall–Kier alpha value is -2.11. The molecule has 0 saturated heterocycles. The molecule has 3 rings (SSSR count). The third-order valence-electron chi connectivity index (χ3n) is 3.28. The van der Waals surface area contributed by atoms with Crippen LogP contribution < -0.4 is 15.6 Å². The molecule has 1 amide bonds. The molecule has 2 aromatic heterocycles. The van der Waals surface area contributed by atoms with Crippen LogP contribution in [0.25, 0.3) is 11.6 Å². The second-order valence-electron chi connectivity index (χ2n) is 5.17. The van der Waals surface area contributed by atoms with E-state index in [0.717, 1.165) is 15.2 Å². The fourth-order valence-electron chi connectivity index (χ4n) is 2.11. The minimum atomic E-state index is -0.142. The van der Waals surface area contributed by atoms with Crippen molar-refractivity contribution in [2.24, 2.45) is 0 Å². The van der Waals surface area contributed by atoms with E-state index in [-0.39, 0.29) is 5.91 Å². The molecule has 3 nitrogen and oxygen atoms in total. The number of thiophene rings is 1. The van der Waals surface area contributed by atoms with Gasteiger partial charge in [0.2, 0.25) is 0 Å². The van der Waals surface area contributed by atoms with Crippen LogP contribution >= 0.6 is 22.7 Å². The zero-order valence-electron chi connectivity index (χ0n) is 12.9. The van der Waals surface area contributed by atoms with Crippen LogP contribution in [0, 0.1) is 0 Å². The van der Waals surface area contributed by atoms with E-state index < -0.39 is 0 Å². The normalized spacial score (nSPS) is 11.4. The molecule has 1 N–H and O–H groups in total. The number of carbonyl (C=O) groups excluding carboxylic acids is 1. The highest BCUT2D eigenvalue weighted by Crippen LogP contribution is 2.22. The lowest BCUT2D eigenvalue weighted by atomic mass is 9.93. The van der Waals surface area contributed by atoms with Crippen LogP contribution in [0.1, 0.15) is 10.4 Å². The number of rotatable bonds is 4. The maximum absolute atomic E-state index is 12.7. The number of nitrogens with one attached hydrogen (secondary N) is 1. The Bertz CT molecular complexity index is 839. The van der Waals surface area contributed by atoms with Crippen LogP contribution in [0.5, 0.6) is 0 Å². The van der Waals surface area contributed by atoms with Crippen LogP contribution in [0.2, 0.25) is 0 Å². The Morgan fingerprint density at radius 3 is 2.57 bits per heavy atom. The number of carbonyl (C=O) groups is 1. The van der Waals surface area contributed by atoms with Crippen molar-refractivity contribution >= 4 is 71.3 Å². The number of aromatic nitrogens is 1. The monoisotopic (exact) mass is 336 g/mol. The summed E-state index contributed by atoms with van der Waals surface area (Å²) in [5, 5.41) is 5.52. The Morgan fingerprint density at radius 1 is 1.17 bits per heavy atom. The summed E-state index contributed by atoms with van der Waals surface area (Å²) in [6.45, 7) is 0. The van der Waals surface area contributed by atoms with Gasteiger partial charge < -0.3 is 0 Å². The Morgan fingerprint density at radius 2 is 1.96 bits per heavy atom. The zero-order chi connectivity index (χ0) is 16.2. The summed E-state index contributed by atoms with van der Waals surface area (Å²) in [6.07, 6.45) is 3.68. The number of anilines is 1. The minimum Gasteiger partial charge on any atom is -0.298 e. The Balaban J connectivity index is 1.94. The fourth-order valence-corrected chi connectivity index (χ4v) is 3.42. The maximum Gasteiger partial charge on any atom is 0.258 e. The van der Waals surface area contributed by atoms with Gasteiger partial charge in [0.25, 0.3) is 5.91 Å². The van der Waals surface area contributed by atoms with Crippen molar-refractivity contribution in [2.75, 3.05) is 5.32 Å². The summed E-state index contributed by atoms with van der Waals surface area (Å²) < 4.78 is 1.07. The average Bonchev–Trinajstić information content (AvgIpc) is 3.17. The van der Waals surface area contributed by atoms with Crippen LogP contribution in [0.15, 0.2) is 48.0 Å². The first kappa shape index (κ1) is 15.8. The van der Waals surface area contributed by atoms with Crippen molar-refractivity contribution in [3.8, 4) is 0 Å². The molecular formula is C16H14B2N2OS2. The molecule has 23 heavy (non-hydrogen) atoms. The van der Waals surface area contributed by atoms with Crippen molar-refractivity contribution in [2.45, 2.75) is 0 Å². The molecule has 0 bridgehead atoms. The lowest BCUT2D eigenvalue weighted by Gasteiger charge is -2.08. The summed E-state index contributed by atoms with van der Waals surface area (Å²) in [5.74, 6) is -0.142. The van der Waals surface area contributed by atoms with Gasteiger partial charge in [-0.1, -0.05) is 35.8 Å². The maximum atomic E-state index is 12.7. The van der Waals surface area contributed by atoms with E-state index in [0.29, 0.717) is 10.7 Å². The van der Waals surface area contributed by atoms with Crippen molar-refractivity contribution < 1.29 is 4.79 Å². The van der Waals surface area contributed by atoms with E-state index in [1.807, 2.05) is 63.5 Å². The minimum absolute atomic E-state index is 0.142. The van der Waals surface area contributed by atoms with E-state index in [2.05, 4.69) is 10.3 Å². The average molecular weight is 336 g/mol. The van der Waals surface area contributed by atoms with E-state index >= 15 is 0 Å². The molecule has 0 radical (unpaired) electrons. The van der Waals surface area contributed by atoms with Gasteiger partial charge in [-0.2, -0.15) is 0 Å². The Labute approximate surface area is 144 Å². The second kappa shape index (κ2) is 6.98. The molecule has 0 unspecified atom stereocenters. The largest absolute Gasteiger partial charge is 0.298 e. The molecule has 112 valence electrons. The van der Waals surface area contributed by atoms with Gasteiger partial charge in [-0.05, 0) is 27.9 Å². The van der Waals surface area contributed by atoms with Gasteiger partial charge in [-0.15, -0.1) is 22.7 Å². The van der Waals surface area contributed by atoms with Crippen molar-refractivity contribution in [3.63, 3.8) is 0 Å². The third-order valence-corrected chi connectivity index (χ3v) is 4.93. The van der Waals surface area contributed by atoms with E-state index in [9.17, 15) is 4.79 Å². The second-order valence-corrected chi connectivity index (χ2v) is 7.38. The lowest BCUT2D eigenvalue weighted by Crippen LogP contribution is -2.14. The smallest absolute Gasteiger partial charge is 0.258 e. The van der Waals surface area contributed by atoms with Gasteiger partial charge in [0.05, 0.1) is 0 Å². The molecule has 0 saturated carbocycles. The quantitative estimate of drug-likeness (QED) is 0.568. The number of hydrogen-bond acceptors (Lipinski definition) is 4. The van der Waals surface area contributed by atoms with Crippen LogP contribution in [0.3, 0.4) is 0 Å². The molecular weight excluding hydrogens is 322 g/mol. The number of benzene rings is 1. The first-order chi connectivity index (χ1) is 11.1. The van der Waals surface area contributed by atoms with Crippen molar-refractivity contribution in [1.82, 2.24) is 4.98 Å². The van der Waals surface area contributed by atoms with Gasteiger partial charge in [0.15, 0.2) is 13.0 Å². The summed E-state index contributed by atoms with van der Waals surface area (Å²) in [7, 11) is 4.00. The highest BCUT2D eigenvalue weighted by molar-refractivity contribution is 7.23. The molecule has 7 heteroatoms. The highest BCUT2D eigenvalue weighted by atomic mass is 32.1. The first-order valence-corrected chi connectivity index (χ1v) is 8.87. The van der Waals surface area contributed by atoms with Crippen LogP contribution in [-0.2, 0) is 4.79 Å². The zero-order valence-corrected chi connectivity index (χ0v) is 14.5. The van der Waals surface area contributed by atoms with Crippen molar-refractivity contribution in [3.05, 3.63) is 58.4 Å². The van der Waals surface area contributed by atoms with Gasteiger partial charge in [0.1, 0.15) is 7.85 Å². The van der Waals surface area contributed by atoms with Crippen LogP contribution in [-0.4, -0.2) is 26.6 Å². The molecule has 0 fully saturated rings. The van der Waals surface area contributed by atoms with Gasteiger partial charge in [-0.25, -0.2) is 4.98 Å². The predicted molar refractivity (Wildman–Crippen MR) is 106 cm³/mol. The van der Waals surface area contributed by atoms with E-state index in [4.69, 9.17) is 0 Å². The fraction of sp³-hybridized carbons (Fsp3) is 0. The molecule has 0 aliphatic heterocycles. The summed E-state index contributed by atoms with van der Waals surface area (Å²) in [5.41, 5.74) is 2.70. The SMILES string of the molecule is Bc1ccc(/C(=C\c2cccs2)C(=O)Nc2ncc(B)s2)cc1. The molecule has 2 heterocycles. The highest BCUT2D eigenvalue weighted by Gasteiger charge is 2.14. The molecule has 3 aromatic rings. The summed E-state index contributed by atoms with van der Waals surface area (Å²) in [4.78, 5) is 18.0. The molecule has 0 aliphatic carbocycles. The summed E-state index contributed by atoms with van der Waals surface area (Å²) in [6, 6.07) is 11.9. The number of nitrogens with zero attached hydrogens (tertiary/aromatic N) is 1. The van der Waals surface area contributed by atoms with Gasteiger partial charge in [-0.3, -0.25) is 10.1 Å². The first-order valence-electron chi connectivity index (χ1n) is 7.18. The van der Waals surface area contributed by atoms with Crippen LogP contribution in [0.4, 0.5) is 5.13 Å². The topological polar surface area (TPSA) is 42.0 Å².